The number of rotatable bonds is 6. The fourth-order valence-corrected chi connectivity index (χ4v) is 3.00. The largest absolute Gasteiger partial charge is 0.355 e. The maximum absolute atomic E-state index is 6.06. The zero-order valence-electron chi connectivity index (χ0n) is 14.1. The molecule has 0 atom stereocenters. The average Bonchev–Trinajstić information content (AvgIpc) is 2.60. The van der Waals surface area contributed by atoms with Crippen LogP contribution in [0.1, 0.15) is 19.4 Å². The van der Waals surface area contributed by atoms with E-state index >= 15 is 0 Å². The molecule has 0 saturated heterocycles. The fourth-order valence-electron chi connectivity index (χ4n) is 2.84. The highest BCUT2D eigenvalue weighted by atomic mass is 35.5. The Hall–Kier alpha value is -2.10. The Bertz CT molecular complexity index is 828. The first-order valence-electron chi connectivity index (χ1n) is 8.32. The van der Waals surface area contributed by atoms with Crippen molar-refractivity contribution in [3.63, 3.8) is 0 Å². The van der Waals surface area contributed by atoms with E-state index in [1.165, 1.54) is 5.56 Å². The number of benzene rings is 2. The van der Waals surface area contributed by atoms with E-state index in [0.29, 0.717) is 5.02 Å². The molecule has 1 aromatic heterocycles. The van der Waals surface area contributed by atoms with Crippen molar-refractivity contribution in [3.8, 4) is 0 Å². The van der Waals surface area contributed by atoms with Crippen LogP contribution >= 0.6 is 11.6 Å². The molecule has 0 unspecified atom stereocenters. The molecule has 0 aliphatic rings. The molecule has 3 aromatic rings. The average molecular weight is 340 g/mol. The van der Waals surface area contributed by atoms with Crippen LogP contribution in [-0.4, -0.2) is 23.0 Å². The van der Waals surface area contributed by atoms with Gasteiger partial charge in [-0.1, -0.05) is 37.6 Å². The predicted molar refractivity (Wildman–Crippen MR) is 103 cm³/mol. The Balaban J connectivity index is 1.86. The number of anilines is 2. The lowest BCUT2D eigenvalue weighted by molar-refractivity contribution is 0.296. The third-order valence-corrected chi connectivity index (χ3v) is 4.45. The van der Waals surface area contributed by atoms with Crippen molar-refractivity contribution in [2.24, 2.45) is 0 Å². The molecule has 0 radical (unpaired) electrons. The number of pyridine rings is 1. The van der Waals surface area contributed by atoms with Gasteiger partial charge in [-0.3, -0.25) is 9.88 Å². The van der Waals surface area contributed by atoms with E-state index in [9.17, 15) is 0 Å². The van der Waals surface area contributed by atoms with E-state index < -0.39 is 0 Å². The summed E-state index contributed by atoms with van der Waals surface area (Å²) in [5.41, 5.74) is 4.33. The van der Waals surface area contributed by atoms with E-state index in [-0.39, 0.29) is 0 Å². The summed E-state index contributed by atoms with van der Waals surface area (Å²) in [6.07, 6.45) is 1.81. The Morgan fingerprint density at radius 3 is 2.67 bits per heavy atom. The van der Waals surface area contributed by atoms with Gasteiger partial charge in [-0.05, 0) is 55.1 Å². The van der Waals surface area contributed by atoms with Gasteiger partial charge in [-0.25, -0.2) is 0 Å². The molecule has 124 valence electrons. The van der Waals surface area contributed by atoms with E-state index in [4.69, 9.17) is 11.6 Å². The second-order valence-corrected chi connectivity index (χ2v) is 6.24. The molecular weight excluding hydrogens is 318 g/mol. The van der Waals surface area contributed by atoms with Gasteiger partial charge in [0.15, 0.2) is 0 Å². The molecule has 3 rings (SSSR count). The number of nitrogens with one attached hydrogen (secondary N) is 1. The van der Waals surface area contributed by atoms with Gasteiger partial charge in [0, 0.05) is 34.5 Å². The molecular formula is C20H22ClN3. The maximum Gasteiger partial charge on any atom is 0.0737 e. The molecule has 1 heterocycles. The molecule has 0 spiro atoms. The molecule has 4 heteroatoms. The smallest absolute Gasteiger partial charge is 0.0737 e. The molecule has 0 bridgehead atoms. The summed E-state index contributed by atoms with van der Waals surface area (Å²) in [4.78, 5) is 6.80. The minimum absolute atomic E-state index is 0.702. The van der Waals surface area contributed by atoms with Gasteiger partial charge >= 0.3 is 0 Å². The van der Waals surface area contributed by atoms with Gasteiger partial charge in [0.05, 0.1) is 5.52 Å². The molecule has 3 nitrogen and oxygen atoms in total. The van der Waals surface area contributed by atoms with Crippen LogP contribution in [-0.2, 0) is 6.54 Å². The van der Waals surface area contributed by atoms with Crippen LogP contribution in [0.3, 0.4) is 0 Å². The van der Waals surface area contributed by atoms with Crippen molar-refractivity contribution in [2.75, 3.05) is 18.4 Å². The van der Waals surface area contributed by atoms with Crippen LogP contribution in [0.2, 0.25) is 5.02 Å². The molecule has 0 aliphatic carbocycles. The Morgan fingerprint density at radius 1 is 1.04 bits per heavy atom. The summed E-state index contributed by atoms with van der Waals surface area (Å²) in [6.45, 7) is 7.47. The van der Waals surface area contributed by atoms with Gasteiger partial charge in [0.2, 0.25) is 0 Å². The molecule has 2 aromatic carbocycles. The number of fused-ring (bicyclic) bond motifs is 1. The minimum atomic E-state index is 0.702. The summed E-state index contributed by atoms with van der Waals surface area (Å²) >= 11 is 6.06. The van der Waals surface area contributed by atoms with Gasteiger partial charge in [-0.2, -0.15) is 0 Å². The van der Waals surface area contributed by atoms with E-state index in [2.05, 4.69) is 53.3 Å². The standard InChI is InChI=1S/C20H22ClN3/c1-3-24(4-2)14-15-6-5-7-17(12-15)23-19-10-11-22-20-13-16(21)8-9-18(19)20/h5-13H,3-4,14H2,1-2H3,(H,22,23). The van der Waals surface area contributed by atoms with E-state index in [1.54, 1.807) is 6.20 Å². The lowest BCUT2D eigenvalue weighted by Gasteiger charge is -2.18. The molecule has 0 saturated carbocycles. The number of hydrogen-bond acceptors (Lipinski definition) is 3. The SMILES string of the molecule is CCN(CC)Cc1cccc(Nc2ccnc3cc(Cl)ccc23)c1. The molecule has 0 fully saturated rings. The second-order valence-electron chi connectivity index (χ2n) is 5.81. The first-order chi connectivity index (χ1) is 11.7. The Labute approximate surface area is 148 Å². The summed E-state index contributed by atoms with van der Waals surface area (Å²) in [6, 6.07) is 16.4. The van der Waals surface area contributed by atoms with E-state index in [1.807, 2.05) is 24.3 Å². The van der Waals surface area contributed by atoms with Crippen LogP contribution in [0.4, 0.5) is 11.4 Å². The summed E-state index contributed by atoms with van der Waals surface area (Å²) in [5, 5.41) is 5.28. The lowest BCUT2D eigenvalue weighted by Crippen LogP contribution is -2.22. The second kappa shape index (κ2) is 7.65. The van der Waals surface area contributed by atoms with Gasteiger partial charge < -0.3 is 5.32 Å². The van der Waals surface area contributed by atoms with Crippen LogP contribution < -0.4 is 5.32 Å². The van der Waals surface area contributed by atoms with Gasteiger partial charge in [0.1, 0.15) is 0 Å². The van der Waals surface area contributed by atoms with Gasteiger partial charge in [0.25, 0.3) is 0 Å². The topological polar surface area (TPSA) is 28.2 Å². The number of aromatic nitrogens is 1. The predicted octanol–water partition coefficient (Wildman–Crippen LogP) is 5.47. The number of hydrogen-bond donors (Lipinski definition) is 1. The minimum Gasteiger partial charge on any atom is -0.355 e. The molecule has 24 heavy (non-hydrogen) atoms. The van der Waals surface area contributed by atoms with Crippen LogP contribution in [0.5, 0.6) is 0 Å². The quantitative estimate of drug-likeness (QED) is 0.645. The zero-order chi connectivity index (χ0) is 16.9. The number of nitrogens with zero attached hydrogens (tertiary/aromatic N) is 2. The van der Waals surface area contributed by atoms with Crippen LogP contribution in [0.15, 0.2) is 54.7 Å². The molecule has 1 N–H and O–H groups in total. The monoisotopic (exact) mass is 339 g/mol. The summed E-state index contributed by atoms with van der Waals surface area (Å²) < 4.78 is 0. The normalized spacial score (nSPS) is 11.2. The van der Waals surface area contributed by atoms with Crippen molar-refractivity contribution < 1.29 is 0 Å². The first-order valence-corrected chi connectivity index (χ1v) is 8.70. The fraction of sp³-hybridized carbons (Fsp3) is 0.250. The van der Waals surface area contributed by atoms with Crippen molar-refractivity contribution in [3.05, 3.63) is 65.3 Å². The highest BCUT2D eigenvalue weighted by Crippen LogP contribution is 2.27. The highest BCUT2D eigenvalue weighted by molar-refractivity contribution is 6.31. The molecule has 0 aliphatic heterocycles. The van der Waals surface area contributed by atoms with E-state index in [0.717, 1.165) is 41.9 Å². The number of halogens is 1. The van der Waals surface area contributed by atoms with Gasteiger partial charge in [-0.15, -0.1) is 0 Å². The lowest BCUT2D eigenvalue weighted by atomic mass is 10.1. The van der Waals surface area contributed by atoms with Crippen LogP contribution in [0.25, 0.3) is 10.9 Å². The first kappa shape index (κ1) is 16.7. The van der Waals surface area contributed by atoms with Crippen LogP contribution in [0, 0.1) is 0 Å². The summed E-state index contributed by atoms with van der Waals surface area (Å²) in [5.74, 6) is 0. The maximum atomic E-state index is 6.06. The highest BCUT2D eigenvalue weighted by Gasteiger charge is 2.05. The van der Waals surface area contributed by atoms with Crippen molar-refractivity contribution in [2.45, 2.75) is 20.4 Å². The molecule has 0 amide bonds. The third-order valence-electron chi connectivity index (χ3n) is 4.21. The summed E-state index contributed by atoms with van der Waals surface area (Å²) in [7, 11) is 0. The van der Waals surface area contributed by atoms with Crippen molar-refractivity contribution >= 4 is 33.9 Å². The third kappa shape index (κ3) is 3.86. The Kier molecular flexibility index (Phi) is 5.34. The van der Waals surface area contributed by atoms with Crippen molar-refractivity contribution in [1.82, 2.24) is 9.88 Å². The van der Waals surface area contributed by atoms with Crippen molar-refractivity contribution in [1.29, 1.82) is 0 Å². The zero-order valence-corrected chi connectivity index (χ0v) is 14.8. The Morgan fingerprint density at radius 2 is 1.88 bits per heavy atom.